The summed E-state index contributed by atoms with van der Waals surface area (Å²) in [6, 6.07) is 6.36. The van der Waals surface area contributed by atoms with E-state index in [1.807, 2.05) is 6.20 Å². The number of benzene rings is 1. The highest BCUT2D eigenvalue weighted by Crippen LogP contribution is 2.25. The number of H-pyrrole nitrogens is 1. The van der Waals surface area contributed by atoms with Gasteiger partial charge in [0.25, 0.3) is 0 Å². The van der Waals surface area contributed by atoms with Crippen LogP contribution in [0.1, 0.15) is 5.56 Å². The normalized spacial score (nSPS) is 17.4. The minimum absolute atomic E-state index is 0.814. The molecule has 1 fully saturated rings. The molecule has 1 aromatic heterocycles. The van der Waals surface area contributed by atoms with E-state index in [2.05, 4.69) is 33.4 Å². The van der Waals surface area contributed by atoms with Gasteiger partial charge in [-0.15, -0.1) is 0 Å². The first kappa shape index (κ1) is 12.0. The van der Waals surface area contributed by atoms with Crippen molar-refractivity contribution in [2.45, 2.75) is 6.42 Å². The molecule has 2 aromatic rings. The number of nitrogens with one attached hydrogen (secondary N) is 2. The maximum absolute atomic E-state index is 6.14. The zero-order valence-electron chi connectivity index (χ0n) is 10.4. The molecule has 0 unspecified atom stereocenters. The molecule has 1 saturated heterocycles. The maximum atomic E-state index is 6.14. The summed E-state index contributed by atoms with van der Waals surface area (Å²) in [5, 5.41) is 5.33. The summed E-state index contributed by atoms with van der Waals surface area (Å²) in [5.74, 6) is 0. The van der Waals surface area contributed by atoms with Gasteiger partial charge >= 0.3 is 0 Å². The Bertz CT molecular complexity index is 529. The first-order valence-corrected chi connectivity index (χ1v) is 6.90. The Kier molecular flexibility index (Phi) is 3.55. The van der Waals surface area contributed by atoms with Gasteiger partial charge in [0, 0.05) is 44.3 Å². The van der Waals surface area contributed by atoms with Crippen molar-refractivity contribution >= 4 is 22.5 Å². The lowest BCUT2D eigenvalue weighted by Crippen LogP contribution is -2.44. The average Bonchev–Trinajstić information content (AvgIpc) is 2.80. The van der Waals surface area contributed by atoms with Crippen LogP contribution in [0.25, 0.3) is 10.9 Å². The molecule has 0 spiro atoms. The highest BCUT2D eigenvalue weighted by molar-refractivity contribution is 6.35. The number of fused-ring (bicyclic) bond motifs is 1. The smallest absolute Gasteiger partial charge is 0.0659 e. The van der Waals surface area contributed by atoms with Gasteiger partial charge in [-0.3, -0.25) is 0 Å². The lowest BCUT2D eigenvalue weighted by atomic mass is 10.1. The van der Waals surface area contributed by atoms with E-state index in [1.54, 1.807) is 0 Å². The zero-order chi connectivity index (χ0) is 12.4. The molecule has 0 amide bonds. The largest absolute Gasteiger partial charge is 0.360 e. The quantitative estimate of drug-likeness (QED) is 0.890. The van der Waals surface area contributed by atoms with Crippen LogP contribution in [0.15, 0.2) is 24.4 Å². The van der Waals surface area contributed by atoms with Crippen LogP contribution in [-0.2, 0) is 6.42 Å². The predicted molar refractivity (Wildman–Crippen MR) is 76.3 cm³/mol. The van der Waals surface area contributed by atoms with Gasteiger partial charge in [0.05, 0.1) is 10.5 Å². The second-order valence-electron chi connectivity index (χ2n) is 4.82. The Morgan fingerprint density at radius 2 is 2.06 bits per heavy atom. The molecule has 1 aliphatic heterocycles. The van der Waals surface area contributed by atoms with E-state index in [0.29, 0.717) is 0 Å². The van der Waals surface area contributed by atoms with Crippen molar-refractivity contribution in [2.24, 2.45) is 0 Å². The van der Waals surface area contributed by atoms with Gasteiger partial charge in [0.15, 0.2) is 0 Å². The van der Waals surface area contributed by atoms with Gasteiger partial charge in [0.1, 0.15) is 0 Å². The predicted octanol–water partition coefficient (Wildman–Crippen LogP) is 2.27. The molecule has 3 nitrogen and oxygen atoms in total. The lowest BCUT2D eigenvalue weighted by molar-refractivity contribution is 0.244. The third kappa shape index (κ3) is 2.39. The number of para-hydroxylation sites is 1. The first-order chi connectivity index (χ1) is 8.84. The number of halogens is 1. The summed E-state index contributed by atoms with van der Waals surface area (Å²) in [4.78, 5) is 5.80. The Morgan fingerprint density at radius 1 is 1.22 bits per heavy atom. The zero-order valence-corrected chi connectivity index (χ0v) is 11.1. The molecule has 2 heterocycles. The van der Waals surface area contributed by atoms with Crippen molar-refractivity contribution in [2.75, 3.05) is 32.7 Å². The summed E-state index contributed by atoms with van der Waals surface area (Å²) in [6.07, 6.45) is 2.95. The fourth-order valence-electron chi connectivity index (χ4n) is 2.60. The van der Waals surface area contributed by atoms with E-state index >= 15 is 0 Å². The lowest BCUT2D eigenvalue weighted by Gasteiger charge is -2.27. The van der Waals surface area contributed by atoms with Gasteiger partial charge in [-0.05, 0) is 12.0 Å². The van der Waals surface area contributed by atoms with Crippen LogP contribution in [0, 0.1) is 0 Å². The van der Waals surface area contributed by atoms with Crippen molar-refractivity contribution < 1.29 is 0 Å². The molecule has 0 aliphatic carbocycles. The van der Waals surface area contributed by atoms with Crippen molar-refractivity contribution in [3.05, 3.63) is 35.0 Å². The standard InChI is InChI=1S/C14H18ClN3/c15-13-10-17-14-11(2-1-3-12(13)14)4-7-18-8-5-16-6-9-18/h1-3,10,16-17H,4-9H2. The van der Waals surface area contributed by atoms with Crippen LogP contribution in [0.3, 0.4) is 0 Å². The molecule has 96 valence electrons. The highest BCUT2D eigenvalue weighted by atomic mass is 35.5. The van der Waals surface area contributed by atoms with Crippen molar-refractivity contribution in [3.63, 3.8) is 0 Å². The summed E-state index contributed by atoms with van der Waals surface area (Å²) in [6.45, 7) is 5.65. The summed E-state index contributed by atoms with van der Waals surface area (Å²) in [7, 11) is 0. The number of aromatic amines is 1. The number of nitrogens with zero attached hydrogens (tertiary/aromatic N) is 1. The van der Waals surface area contributed by atoms with Crippen LogP contribution in [0.5, 0.6) is 0 Å². The van der Waals surface area contributed by atoms with Crippen molar-refractivity contribution in [3.8, 4) is 0 Å². The van der Waals surface area contributed by atoms with E-state index in [4.69, 9.17) is 11.6 Å². The van der Waals surface area contributed by atoms with Crippen LogP contribution in [0.4, 0.5) is 0 Å². The topological polar surface area (TPSA) is 31.1 Å². The number of piperazine rings is 1. The molecule has 0 radical (unpaired) electrons. The van der Waals surface area contributed by atoms with Crippen molar-refractivity contribution in [1.29, 1.82) is 0 Å². The minimum atomic E-state index is 0.814. The molecule has 18 heavy (non-hydrogen) atoms. The van der Waals surface area contributed by atoms with Gasteiger partial charge in [0.2, 0.25) is 0 Å². The molecule has 0 saturated carbocycles. The maximum Gasteiger partial charge on any atom is 0.0659 e. The van der Waals surface area contributed by atoms with Gasteiger partial charge < -0.3 is 15.2 Å². The number of hydrogen-bond donors (Lipinski definition) is 2. The van der Waals surface area contributed by atoms with Crippen LogP contribution in [0.2, 0.25) is 5.02 Å². The first-order valence-electron chi connectivity index (χ1n) is 6.52. The fraction of sp³-hybridized carbons (Fsp3) is 0.429. The van der Waals surface area contributed by atoms with E-state index < -0.39 is 0 Å². The van der Waals surface area contributed by atoms with Crippen molar-refractivity contribution in [1.82, 2.24) is 15.2 Å². The summed E-state index contributed by atoms with van der Waals surface area (Å²) >= 11 is 6.14. The number of aromatic nitrogens is 1. The molecule has 1 aliphatic rings. The summed E-state index contributed by atoms with van der Waals surface area (Å²) < 4.78 is 0. The Morgan fingerprint density at radius 3 is 2.89 bits per heavy atom. The van der Waals surface area contributed by atoms with E-state index in [1.165, 1.54) is 11.1 Å². The van der Waals surface area contributed by atoms with Crippen LogP contribution < -0.4 is 5.32 Å². The molecule has 4 heteroatoms. The molecule has 0 atom stereocenters. The van der Waals surface area contributed by atoms with E-state index in [0.717, 1.165) is 49.6 Å². The second-order valence-corrected chi connectivity index (χ2v) is 5.23. The minimum Gasteiger partial charge on any atom is -0.360 e. The Balaban J connectivity index is 1.74. The van der Waals surface area contributed by atoms with Gasteiger partial charge in [-0.2, -0.15) is 0 Å². The third-order valence-electron chi connectivity index (χ3n) is 3.66. The number of hydrogen-bond acceptors (Lipinski definition) is 2. The van der Waals surface area contributed by atoms with E-state index in [-0.39, 0.29) is 0 Å². The fourth-order valence-corrected chi connectivity index (χ4v) is 2.82. The molecule has 0 bridgehead atoms. The SMILES string of the molecule is Clc1c[nH]c2c(CCN3CCNCC3)cccc12. The van der Waals surface area contributed by atoms with E-state index in [9.17, 15) is 0 Å². The third-order valence-corrected chi connectivity index (χ3v) is 3.97. The summed E-state index contributed by atoms with van der Waals surface area (Å²) in [5.41, 5.74) is 2.55. The average molecular weight is 264 g/mol. The molecule has 1 aromatic carbocycles. The molecule has 2 N–H and O–H groups in total. The van der Waals surface area contributed by atoms with Crippen LogP contribution >= 0.6 is 11.6 Å². The molecule has 3 rings (SSSR count). The second kappa shape index (κ2) is 5.31. The molecular formula is C14H18ClN3. The van der Waals surface area contributed by atoms with Gasteiger partial charge in [-0.1, -0.05) is 29.8 Å². The Hall–Kier alpha value is -1.03. The van der Waals surface area contributed by atoms with Gasteiger partial charge in [-0.25, -0.2) is 0 Å². The highest BCUT2D eigenvalue weighted by Gasteiger charge is 2.11. The monoisotopic (exact) mass is 263 g/mol. The molecular weight excluding hydrogens is 246 g/mol. The van der Waals surface area contributed by atoms with Crippen LogP contribution in [-0.4, -0.2) is 42.6 Å². The number of rotatable bonds is 3. The Labute approximate surface area is 112 Å².